The predicted octanol–water partition coefficient (Wildman–Crippen LogP) is 4.73. The van der Waals surface area contributed by atoms with Crippen LogP contribution in [0.3, 0.4) is 0 Å². The van der Waals surface area contributed by atoms with Gasteiger partial charge in [-0.15, -0.1) is 10.2 Å². The van der Waals surface area contributed by atoms with Gasteiger partial charge >= 0.3 is 0 Å². The Morgan fingerprint density at radius 2 is 1.85 bits per heavy atom. The second-order valence-corrected chi connectivity index (χ2v) is 6.98. The summed E-state index contributed by atoms with van der Waals surface area (Å²) < 4.78 is 7.74. The fraction of sp³-hybridized carbons (Fsp3) is 0.222. The number of nitrogens with zero attached hydrogens (tertiary/aromatic N) is 4. The van der Waals surface area contributed by atoms with E-state index in [1.165, 1.54) is 23.9 Å². The summed E-state index contributed by atoms with van der Waals surface area (Å²) in [7, 11) is 0. The lowest BCUT2D eigenvalue weighted by molar-refractivity contribution is -0.384. The first-order valence-electron chi connectivity index (χ1n) is 8.23. The Hall–Kier alpha value is -2.58. The van der Waals surface area contributed by atoms with Gasteiger partial charge in [0.2, 0.25) is 0 Å². The molecule has 1 heterocycles. The predicted molar refractivity (Wildman–Crippen MR) is 104 cm³/mol. The standard InChI is InChI=1S/C18H17ClN4O3S/c1-2-22-17(11-26-16-9-5-14(19)6-10-16)20-21-18(22)27-12-13-3-7-15(8-4-13)23(24)25/h3-10H,2,11-12H2,1H3. The molecule has 27 heavy (non-hydrogen) atoms. The number of non-ortho nitro benzene ring substituents is 1. The molecule has 0 fully saturated rings. The van der Waals surface area contributed by atoms with Gasteiger partial charge in [0.1, 0.15) is 12.4 Å². The van der Waals surface area contributed by atoms with E-state index < -0.39 is 4.92 Å². The zero-order chi connectivity index (χ0) is 19.2. The third-order valence-electron chi connectivity index (χ3n) is 3.81. The topological polar surface area (TPSA) is 83.1 Å². The molecule has 0 bridgehead atoms. The van der Waals surface area contributed by atoms with E-state index in [-0.39, 0.29) is 5.69 Å². The highest BCUT2D eigenvalue weighted by atomic mass is 35.5. The largest absolute Gasteiger partial charge is 0.486 e. The highest BCUT2D eigenvalue weighted by molar-refractivity contribution is 7.98. The summed E-state index contributed by atoms with van der Waals surface area (Å²) in [6.07, 6.45) is 0. The molecule has 0 atom stereocenters. The summed E-state index contributed by atoms with van der Waals surface area (Å²) >= 11 is 7.40. The van der Waals surface area contributed by atoms with Gasteiger partial charge in [-0.05, 0) is 36.8 Å². The average molecular weight is 405 g/mol. The van der Waals surface area contributed by atoms with Crippen molar-refractivity contribution >= 4 is 29.1 Å². The molecule has 0 saturated carbocycles. The monoisotopic (exact) mass is 404 g/mol. The SMILES string of the molecule is CCn1c(COc2ccc(Cl)cc2)nnc1SCc1ccc([N+](=O)[O-])cc1. The van der Waals surface area contributed by atoms with Crippen molar-refractivity contribution in [2.24, 2.45) is 0 Å². The van der Waals surface area contributed by atoms with Gasteiger partial charge in [0.25, 0.3) is 5.69 Å². The van der Waals surface area contributed by atoms with Gasteiger partial charge in [0.05, 0.1) is 4.92 Å². The lowest BCUT2D eigenvalue weighted by Gasteiger charge is -2.09. The molecule has 0 saturated heterocycles. The molecule has 0 aliphatic carbocycles. The van der Waals surface area contributed by atoms with Gasteiger partial charge in [0, 0.05) is 29.5 Å². The van der Waals surface area contributed by atoms with E-state index in [2.05, 4.69) is 10.2 Å². The van der Waals surface area contributed by atoms with Crippen LogP contribution in [0.25, 0.3) is 0 Å². The minimum absolute atomic E-state index is 0.0853. The van der Waals surface area contributed by atoms with Gasteiger partial charge in [-0.1, -0.05) is 35.5 Å². The van der Waals surface area contributed by atoms with Gasteiger partial charge in [-0.3, -0.25) is 10.1 Å². The molecular formula is C18H17ClN4O3S. The van der Waals surface area contributed by atoms with Gasteiger partial charge in [-0.25, -0.2) is 0 Å². The summed E-state index contributed by atoms with van der Waals surface area (Å²) in [5.41, 5.74) is 1.07. The first-order chi connectivity index (χ1) is 13.1. The van der Waals surface area contributed by atoms with Gasteiger partial charge in [-0.2, -0.15) is 0 Å². The van der Waals surface area contributed by atoms with Crippen LogP contribution in [0.15, 0.2) is 53.7 Å². The minimum Gasteiger partial charge on any atom is -0.486 e. The maximum absolute atomic E-state index is 10.7. The Balaban J connectivity index is 1.62. The van der Waals surface area contributed by atoms with E-state index in [1.807, 2.05) is 11.5 Å². The van der Waals surface area contributed by atoms with Crippen LogP contribution in [0.5, 0.6) is 5.75 Å². The van der Waals surface area contributed by atoms with Gasteiger partial charge < -0.3 is 9.30 Å². The number of nitro groups is 1. The molecule has 2 aromatic carbocycles. The van der Waals surface area contributed by atoms with E-state index in [0.29, 0.717) is 23.1 Å². The van der Waals surface area contributed by atoms with Crippen molar-refractivity contribution < 1.29 is 9.66 Å². The van der Waals surface area contributed by atoms with Crippen LogP contribution in [0.1, 0.15) is 18.3 Å². The maximum Gasteiger partial charge on any atom is 0.269 e. The second kappa shape index (κ2) is 8.88. The van der Waals surface area contributed by atoms with Crippen molar-refractivity contribution in [1.82, 2.24) is 14.8 Å². The highest BCUT2D eigenvalue weighted by Crippen LogP contribution is 2.24. The first kappa shape index (κ1) is 19.2. The zero-order valence-corrected chi connectivity index (χ0v) is 16.1. The quantitative estimate of drug-likeness (QED) is 0.306. The van der Waals surface area contributed by atoms with E-state index in [0.717, 1.165) is 23.1 Å². The average Bonchev–Trinajstić information content (AvgIpc) is 3.08. The molecule has 3 aromatic rings. The van der Waals surface area contributed by atoms with Crippen LogP contribution in [-0.4, -0.2) is 19.7 Å². The number of nitro benzene ring substituents is 1. The van der Waals surface area contributed by atoms with Crippen LogP contribution < -0.4 is 4.74 Å². The molecule has 0 unspecified atom stereocenters. The number of halogens is 1. The van der Waals surface area contributed by atoms with Crippen LogP contribution in [0.2, 0.25) is 5.02 Å². The Labute approximate surface area is 165 Å². The maximum atomic E-state index is 10.7. The van der Waals surface area contributed by atoms with E-state index in [9.17, 15) is 10.1 Å². The molecule has 0 radical (unpaired) electrons. The van der Waals surface area contributed by atoms with Crippen LogP contribution in [0.4, 0.5) is 5.69 Å². The Bertz CT molecular complexity index is 913. The molecule has 0 aliphatic heterocycles. The molecule has 7 nitrogen and oxygen atoms in total. The molecule has 0 N–H and O–H groups in total. The van der Waals surface area contributed by atoms with Crippen molar-refractivity contribution in [3.8, 4) is 5.75 Å². The summed E-state index contributed by atoms with van der Waals surface area (Å²) in [6, 6.07) is 13.7. The molecule has 0 amide bonds. The van der Waals surface area contributed by atoms with Gasteiger partial charge in [0.15, 0.2) is 11.0 Å². The van der Waals surface area contributed by atoms with E-state index >= 15 is 0 Å². The summed E-state index contributed by atoms with van der Waals surface area (Å²) in [4.78, 5) is 10.3. The molecule has 3 rings (SSSR count). The van der Waals surface area contributed by atoms with Crippen molar-refractivity contribution in [1.29, 1.82) is 0 Å². The summed E-state index contributed by atoms with van der Waals surface area (Å²) in [5.74, 6) is 2.09. The molecule has 9 heteroatoms. The van der Waals surface area contributed by atoms with E-state index in [1.54, 1.807) is 36.4 Å². The lowest BCUT2D eigenvalue weighted by Crippen LogP contribution is -2.07. The van der Waals surface area contributed by atoms with Crippen LogP contribution >= 0.6 is 23.4 Å². The number of hydrogen-bond donors (Lipinski definition) is 0. The highest BCUT2D eigenvalue weighted by Gasteiger charge is 2.13. The number of thioether (sulfide) groups is 1. The van der Waals surface area contributed by atoms with Crippen molar-refractivity contribution in [2.75, 3.05) is 0 Å². The van der Waals surface area contributed by atoms with Crippen LogP contribution in [-0.2, 0) is 18.9 Å². The smallest absolute Gasteiger partial charge is 0.269 e. The molecule has 140 valence electrons. The first-order valence-corrected chi connectivity index (χ1v) is 9.59. The molecule has 0 spiro atoms. The third-order valence-corrected chi connectivity index (χ3v) is 5.10. The third kappa shape index (κ3) is 4.99. The summed E-state index contributed by atoms with van der Waals surface area (Å²) in [6.45, 7) is 3.04. The number of aromatic nitrogens is 3. The van der Waals surface area contributed by atoms with Crippen LogP contribution in [0, 0.1) is 10.1 Å². The molecular weight excluding hydrogens is 388 g/mol. The van der Waals surface area contributed by atoms with Crippen molar-refractivity contribution in [3.63, 3.8) is 0 Å². The number of rotatable bonds is 8. The number of hydrogen-bond acceptors (Lipinski definition) is 6. The lowest BCUT2D eigenvalue weighted by atomic mass is 10.2. The van der Waals surface area contributed by atoms with Crippen molar-refractivity contribution in [3.05, 3.63) is 75.1 Å². The number of benzene rings is 2. The Morgan fingerprint density at radius 1 is 1.15 bits per heavy atom. The summed E-state index contributed by atoms with van der Waals surface area (Å²) in [5, 5.41) is 20.6. The van der Waals surface area contributed by atoms with Crippen molar-refractivity contribution in [2.45, 2.75) is 31.0 Å². The molecule has 1 aromatic heterocycles. The second-order valence-electron chi connectivity index (χ2n) is 5.60. The minimum atomic E-state index is -0.405. The normalized spacial score (nSPS) is 10.7. The Kier molecular flexibility index (Phi) is 6.31. The molecule has 0 aliphatic rings. The Morgan fingerprint density at radius 3 is 2.48 bits per heavy atom. The zero-order valence-electron chi connectivity index (χ0n) is 14.5. The fourth-order valence-electron chi connectivity index (χ4n) is 2.39. The fourth-order valence-corrected chi connectivity index (χ4v) is 3.49. The number of ether oxygens (including phenoxy) is 1. The van der Waals surface area contributed by atoms with E-state index in [4.69, 9.17) is 16.3 Å².